The lowest BCUT2D eigenvalue weighted by molar-refractivity contribution is -0.115. The third kappa shape index (κ3) is 3.77. The number of benzene rings is 2. The van der Waals surface area contributed by atoms with Crippen LogP contribution in [0.1, 0.15) is 5.56 Å². The van der Waals surface area contributed by atoms with Crippen molar-refractivity contribution in [3.8, 4) is 17.0 Å². The van der Waals surface area contributed by atoms with Gasteiger partial charge in [-0.3, -0.25) is 9.89 Å². The highest BCUT2D eigenvalue weighted by Crippen LogP contribution is 2.19. The van der Waals surface area contributed by atoms with E-state index in [-0.39, 0.29) is 12.3 Å². The largest absolute Gasteiger partial charge is 0.497 e. The van der Waals surface area contributed by atoms with Gasteiger partial charge in [-0.05, 0) is 23.3 Å². The van der Waals surface area contributed by atoms with Crippen molar-refractivity contribution in [1.29, 1.82) is 0 Å². The number of ether oxygens (including phenoxy) is 1. The summed E-state index contributed by atoms with van der Waals surface area (Å²) in [4.78, 5) is 12.1. The van der Waals surface area contributed by atoms with Crippen molar-refractivity contribution < 1.29 is 9.53 Å². The fourth-order valence-electron chi connectivity index (χ4n) is 2.27. The van der Waals surface area contributed by atoms with Crippen LogP contribution in [-0.2, 0) is 11.2 Å². The molecule has 0 saturated carbocycles. The van der Waals surface area contributed by atoms with Gasteiger partial charge in [-0.1, -0.05) is 42.5 Å². The van der Waals surface area contributed by atoms with Crippen LogP contribution in [0.5, 0.6) is 5.75 Å². The summed E-state index contributed by atoms with van der Waals surface area (Å²) >= 11 is 0. The molecule has 1 heterocycles. The quantitative estimate of drug-likeness (QED) is 0.760. The summed E-state index contributed by atoms with van der Waals surface area (Å²) in [6.45, 7) is 0. The van der Waals surface area contributed by atoms with Gasteiger partial charge in [0.1, 0.15) is 5.75 Å². The first-order valence-corrected chi connectivity index (χ1v) is 7.28. The highest BCUT2D eigenvalue weighted by molar-refractivity contribution is 5.91. The highest BCUT2D eigenvalue weighted by atomic mass is 16.5. The van der Waals surface area contributed by atoms with Crippen LogP contribution in [0.4, 0.5) is 5.82 Å². The summed E-state index contributed by atoms with van der Waals surface area (Å²) < 4.78 is 5.10. The number of carbonyl (C=O) groups is 1. The molecule has 0 aliphatic carbocycles. The van der Waals surface area contributed by atoms with Crippen molar-refractivity contribution in [2.45, 2.75) is 6.42 Å². The molecule has 0 unspecified atom stereocenters. The Labute approximate surface area is 134 Å². The zero-order chi connectivity index (χ0) is 16.1. The van der Waals surface area contributed by atoms with E-state index in [9.17, 15) is 4.79 Å². The molecule has 0 fully saturated rings. The van der Waals surface area contributed by atoms with E-state index in [1.165, 1.54) is 0 Å². The van der Waals surface area contributed by atoms with E-state index < -0.39 is 0 Å². The number of H-pyrrole nitrogens is 1. The van der Waals surface area contributed by atoms with E-state index >= 15 is 0 Å². The second kappa shape index (κ2) is 6.79. The van der Waals surface area contributed by atoms with E-state index in [1.54, 1.807) is 7.11 Å². The van der Waals surface area contributed by atoms with E-state index in [4.69, 9.17) is 4.74 Å². The number of hydrogen-bond acceptors (Lipinski definition) is 3. The molecule has 3 aromatic rings. The predicted molar refractivity (Wildman–Crippen MR) is 89.4 cm³/mol. The molecule has 0 bridgehead atoms. The van der Waals surface area contributed by atoms with Crippen molar-refractivity contribution in [3.05, 3.63) is 66.2 Å². The topological polar surface area (TPSA) is 67.0 Å². The number of nitrogens with one attached hydrogen (secondary N) is 2. The van der Waals surface area contributed by atoms with Gasteiger partial charge in [-0.15, -0.1) is 0 Å². The van der Waals surface area contributed by atoms with E-state index in [0.29, 0.717) is 5.82 Å². The zero-order valence-corrected chi connectivity index (χ0v) is 12.7. The van der Waals surface area contributed by atoms with Crippen molar-refractivity contribution in [2.75, 3.05) is 12.4 Å². The van der Waals surface area contributed by atoms with Gasteiger partial charge in [0.25, 0.3) is 0 Å². The third-order valence-electron chi connectivity index (χ3n) is 3.45. The number of hydrogen-bond donors (Lipinski definition) is 2. The first kappa shape index (κ1) is 14.8. The molecular weight excluding hydrogens is 290 g/mol. The van der Waals surface area contributed by atoms with Crippen molar-refractivity contribution in [1.82, 2.24) is 10.2 Å². The SMILES string of the molecule is COc1ccc(CC(=O)Nc2cc(-c3ccccc3)[nH]n2)cc1. The minimum absolute atomic E-state index is 0.110. The van der Waals surface area contributed by atoms with Crippen LogP contribution in [0.3, 0.4) is 0 Å². The van der Waals surface area contributed by atoms with Gasteiger partial charge in [0, 0.05) is 6.07 Å². The average Bonchev–Trinajstić information content (AvgIpc) is 3.04. The number of rotatable bonds is 5. The molecule has 23 heavy (non-hydrogen) atoms. The standard InChI is InChI=1S/C18H17N3O2/c1-23-15-9-7-13(8-10-15)11-18(22)19-17-12-16(20-21-17)14-5-3-2-4-6-14/h2-10,12H,11H2,1H3,(H2,19,20,21,22). The number of amides is 1. The van der Waals surface area contributed by atoms with Crippen LogP contribution < -0.4 is 10.1 Å². The Morgan fingerprint density at radius 3 is 2.57 bits per heavy atom. The minimum atomic E-state index is -0.110. The maximum absolute atomic E-state index is 12.1. The molecule has 2 N–H and O–H groups in total. The Hall–Kier alpha value is -3.08. The first-order chi connectivity index (χ1) is 11.2. The molecule has 0 aliphatic rings. The summed E-state index contributed by atoms with van der Waals surface area (Å²) in [7, 11) is 1.61. The fraction of sp³-hybridized carbons (Fsp3) is 0.111. The molecule has 0 aliphatic heterocycles. The second-order valence-corrected chi connectivity index (χ2v) is 5.11. The van der Waals surface area contributed by atoms with E-state index in [0.717, 1.165) is 22.6 Å². The molecule has 0 spiro atoms. The molecular formula is C18H17N3O2. The van der Waals surface area contributed by atoms with Crippen molar-refractivity contribution in [2.24, 2.45) is 0 Å². The van der Waals surface area contributed by atoms with Gasteiger partial charge >= 0.3 is 0 Å². The van der Waals surface area contributed by atoms with Gasteiger partial charge in [0.15, 0.2) is 5.82 Å². The second-order valence-electron chi connectivity index (χ2n) is 5.11. The van der Waals surface area contributed by atoms with Crippen LogP contribution in [0.2, 0.25) is 0 Å². The maximum atomic E-state index is 12.1. The Morgan fingerprint density at radius 2 is 1.87 bits per heavy atom. The summed E-state index contributed by atoms with van der Waals surface area (Å²) in [5.74, 6) is 1.18. The van der Waals surface area contributed by atoms with Crippen molar-refractivity contribution in [3.63, 3.8) is 0 Å². The molecule has 116 valence electrons. The summed E-state index contributed by atoms with van der Waals surface area (Å²) in [6, 6.07) is 19.1. The van der Waals surface area contributed by atoms with Gasteiger partial charge in [-0.25, -0.2) is 0 Å². The fourth-order valence-corrected chi connectivity index (χ4v) is 2.27. The summed E-state index contributed by atoms with van der Waals surface area (Å²) in [5.41, 5.74) is 2.81. The van der Waals surface area contributed by atoms with E-state index in [1.807, 2.05) is 60.7 Å². The van der Waals surface area contributed by atoms with Gasteiger partial charge in [0.05, 0.1) is 19.2 Å². The number of carbonyl (C=O) groups excluding carboxylic acids is 1. The van der Waals surface area contributed by atoms with Crippen LogP contribution >= 0.6 is 0 Å². The lowest BCUT2D eigenvalue weighted by Crippen LogP contribution is -2.14. The average molecular weight is 307 g/mol. The summed E-state index contributed by atoms with van der Waals surface area (Å²) in [5, 5.41) is 9.85. The predicted octanol–water partition coefficient (Wildman–Crippen LogP) is 3.27. The first-order valence-electron chi connectivity index (χ1n) is 7.28. The summed E-state index contributed by atoms with van der Waals surface area (Å²) in [6.07, 6.45) is 0.289. The number of methoxy groups -OCH3 is 1. The van der Waals surface area contributed by atoms with Crippen LogP contribution in [-0.4, -0.2) is 23.2 Å². The molecule has 1 aromatic heterocycles. The molecule has 5 heteroatoms. The molecule has 5 nitrogen and oxygen atoms in total. The molecule has 3 rings (SSSR count). The van der Waals surface area contributed by atoms with Gasteiger partial charge in [-0.2, -0.15) is 5.10 Å². The molecule has 0 saturated heterocycles. The monoisotopic (exact) mass is 307 g/mol. The van der Waals surface area contributed by atoms with Crippen LogP contribution in [0, 0.1) is 0 Å². The number of aromatic nitrogens is 2. The van der Waals surface area contributed by atoms with Gasteiger partial charge in [0.2, 0.25) is 5.91 Å². The Kier molecular flexibility index (Phi) is 4.38. The zero-order valence-electron chi connectivity index (χ0n) is 12.7. The van der Waals surface area contributed by atoms with Crippen LogP contribution in [0.15, 0.2) is 60.7 Å². The van der Waals surface area contributed by atoms with Crippen LogP contribution in [0.25, 0.3) is 11.3 Å². The van der Waals surface area contributed by atoms with Gasteiger partial charge < -0.3 is 10.1 Å². The lowest BCUT2D eigenvalue weighted by Gasteiger charge is -2.03. The molecule has 2 aromatic carbocycles. The molecule has 0 atom stereocenters. The van der Waals surface area contributed by atoms with E-state index in [2.05, 4.69) is 15.5 Å². The maximum Gasteiger partial charge on any atom is 0.229 e. The number of nitrogens with zero attached hydrogens (tertiary/aromatic N) is 1. The molecule has 0 radical (unpaired) electrons. The number of anilines is 1. The van der Waals surface area contributed by atoms with Crippen molar-refractivity contribution >= 4 is 11.7 Å². The Morgan fingerprint density at radius 1 is 1.13 bits per heavy atom. The Bertz CT molecular complexity index is 780. The highest BCUT2D eigenvalue weighted by Gasteiger charge is 2.08. The smallest absolute Gasteiger partial charge is 0.229 e. The minimum Gasteiger partial charge on any atom is -0.497 e. The normalized spacial score (nSPS) is 10.3. The molecule has 1 amide bonds. The lowest BCUT2D eigenvalue weighted by atomic mass is 10.1. The Balaban J connectivity index is 1.63. The number of aromatic amines is 1. The third-order valence-corrected chi connectivity index (χ3v) is 3.45.